The molecule has 0 aliphatic carbocycles. The molecule has 0 bridgehead atoms. The average Bonchev–Trinajstić information content (AvgIpc) is 3.08. The van der Waals surface area contributed by atoms with E-state index in [2.05, 4.69) is 47.3 Å². The van der Waals surface area contributed by atoms with Gasteiger partial charge in [-0.2, -0.15) is 0 Å². The van der Waals surface area contributed by atoms with Gasteiger partial charge in [0.1, 0.15) is 0 Å². The zero-order valence-corrected chi connectivity index (χ0v) is 12.3. The first-order valence-electron chi connectivity index (χ1n) is 7.51. The van der Waals surface area contributed by atoms with E-state index in [0.717, 1.165) is 31.0 Å². The molecule has 1 atom stereocenters. The fourth-order valence-corrected chi connectivity index (χ4v) is 2.99. The summed E-state index contributed by atoms with van der Waals surface area (Å²) >= 11 is 0. The molecule has 2 heterocycles. The molecular weight excluding hydrogens is 248 g/mol. The van der Waals surface area contributed by atoms with Crippen LogP contribution in [0.15, 0.2) is 34.9 Å². The Balaban J connectivity index is 1.72. The third kappa shape index (κ3) is 2.78. The van der Waals surface area contributed by atoms with E-state index in [0.29, 0.717) is 6.04 Å². The molecular formula is C17H22N2O. The summed E-state index contributed by atoms with van der Waals surface area (Å²) in [5.41, 5.74) is 3.75. The second-order valence-corrected chi connectivity index (χ2v) is 5.67. The van der Waals surface area contributed by atoms with Crippen molar-refractivity contribution >= 4 is 0 Å². The van der Waals surface area contributed by atoms with Gasteiger partial charge in [-0.1, -0.05) is 36.3 Å². The predicted octanol–water partition coefficient (Wildman–Crippen LogP) is 3.88. The van der Waals surface area contributed by atoms with Crippen molar-refractivity contribution in [3.63, 3.8) is 0 Å². The molecule has 0 radical (unpaired) electrons. The van der Waals surface area contributed by atoms with Crippen molar-refractivity contribution in [3.8, 4) is 0 Å². The lowest BCUT2D eigenvalue weighted by Crippen LogP contribution is -2.22. The number of aryl methyl sites for hydroxylation is 2. The Morgan fingerprint density at radius 2 is 2.00 bits per heavy atom. The molecule has 1 aromatic heterocycles. The summed E-state index contributed by atoms with van der Waals surface area (Å²) in [6.07, 6.45) is 3.50. The predicted molar refractivity (Wildman–Crippen MR) is 79.4 cm³/mol. The van der Waals surface area contributed by atoms with Crippen molar-refractivity contribution in [1.29, 1.82) is 0 Å². The van der Waals surface area contributed by atoms with Crippen LogP contribution in [0.1, 0.15) is 48.4 Å². The number of aromatic nitrogens is 1. The number of rotatable bonds is 4. The van der Waals surface area contributed by atoms with Crippen LogP contribution in [-0.4, -0.2) is 16.6 Å². The molecule has 1 aliphatic rings. The highest BCUT2D eigenvalue weighted by Gasteiger charge is 2.28. The van der Waals surface area contributed by atoms with Crippen molar-refractivity contribution in [2.75, 3.05) is 6.54 Å². The van der Waals surface area contributed by atoms with Gasteiger partial charge in [0, 0.05) is 12.6 Å². The quantitative estimate of drug-likeness (QED) is 0.844. The van der Waals surface area contributed by atoms with Crippen LogP contribution in [0.3, 0.4) is 0 Å². The highest BCUT2D eigenvalue weighted by atomic mass is 16.5. The molecule has 0 unspecified atom stereocenters. The molecule has 1 aromatic carbocycles. The third-order valence-corrected chi connectivity index (χ3v) is 4.16. The SMILES string of the molecule is CCc1ccc(CN2CCC[C@H]2c2cc(C)no2)cc1. The molecule has 3 rings (SSSR count). The van der Waals surface area contributed by atoms with Crippen LogP contribution in [0.25, 0.3) is 0 Å². The van der Waals surface area contributed by atoms with Crippen molar-refractivity contribution in [2.45, 2.75) is 45.7 Å². The topological polar surface area (TPSA) is 29.3 Å². The fourth-order valence-electron chi connectivity index (χ4n) is 2.99. The number of likely N-dealkylation sites (tertiary alicyclic amines) is 1. The van der Waals surface area contributed by atoms with Crippen LogP contribution in [-0.2, 0) is 13.0 Å². The van der Waals surface area contributed by atoms with Gasteiger partial charge in [0.05, 0.1) is 11.7 Å². The summed E-state index contributed by atoms with van der Waals surface area (Å²) in [5, 5.41) is 4.02. The Labute approximate surface area is 120 Å². The normalized spacial score (nSPS) is 19.6. The molecule has 3 heteroatoms. The Morgan fingerprint density at radius 3 is 2.65 bits per heavy atom. The van der Waals surface area contributed by atoms with Gasteiger partial charge in [-0.3, -0.25) is 4.90 Å². The van der Waals surface area contributed by atoms with Crippen LogP contribution in [0.4, 0.5) is 0 Å². The Kier molecular flexibility index (Phi) is 3.88. The molecule has 1 saturated heterocycles. The molecule has 0 spiro atoms. The Hall–Kier alpha value is -1.61. The highest BCUT2D eigenvalue weighted by Crippen LogP contribution is 2.33. The lowest BCUT2D eigenvalue weighted by Gasteiger charge is -2.22. The molecule has 0 N–H and O–H groups in total. The van der Waals surface area contributed by atoms with Crippen LogP contribution in [0, 0.1) is 6.92 Å². The maximum Gasteiger partial charge on any atom is 0.154 e. The standard InChI is InChI=1S/C17H22N2O/c1-3-14-6-8-15(9-7-14)12-19-10-4-5-16(19)17-11-13(2)18-20-17/h6-9,11,16H,3-5,10,12H2,1-2H3/t16-/m0/s1. The fraction of sp³-hybridized carbons (Fsp3) is 0.471. The minimum Gasteiger partial charge on any atom is -0.359 e. The van der Waals surface area contributed by atoms with Gasteiger partial charge in [0.2, 0.25) is 0 Å². The molecule has 0 saturated carbocycles. The highest BCUT2D eigenvalue weighted by molar-refractivity contribution is 5.23. The maximum absolute atomic E-state index is 5.46. The molecule has 20 heavy (non-hydrogen) atoms. The zero-order chi connectivity index (χ0) is 13.9. The van der Waals surface area contributed by atoms with Crippen LogP contribution >= 0.6 is 0 Å². The van der Waals surface area contributed by atoms with Crippen LogP contribution in [0.5, 0.6) is 0 Å². The zero-order valence-electron chi connectivity index (χ0n) is 12.3. The van der Waals surface area contributed by atoms with Gasteiger partial charge in [0.15, 0.2) is 5.76 Å². The second-order valence-electron chi connectivity index (χ2n) is 5.67. The van der Waals surface area contributed by atoms with Gasteiger partial charge < -0.3 is 4.52 Å². The van der Waals surface area contributed by atoms with Gasteiger partial charge in [0.25, 0.3) is 0 Å². The lowest BCUT2D eigenvalue weighted by molar-refractivity contribution is 0.206. The van der Waals surface area contributed by atoms with Crippen LogP contribution in [0.2, 0.25) is 0 Å². The molecule has 2 aromatic rings. The van der Waals surface area contributed by atoms with E-state index in [4.69, 9.17) is 4.52 Å². The number of hydrogen-bond acceptors (Lipinski definition) is 3. The summed E-state index contributed by atoms with van der Waals surface area (Å²) in [5.74, 6) is 1.02. The van der Waals surface area contributed by atoms with Gasteiger partial charge >= 0.3 is 0 Å². The van der Waals surface area contributed by atoms with E-state index in [1.54, 1.807) is 0 Å². The largest absolute Gasteiger partial charge is 0.359 e. The average molecular weight is 270 g/mol. The summed E-state index contributed by atoms with van der Waals surface area (Å²) in [4.78, 5) is 2.50. The summed E-state index contributed by atoms with van der Waals surface area (Å²) in [7, 11) is 0. The van der Waals surface area contributed by atoms with Crippen LogP contribution < -0.4 is 0 Å². The first-order chi connectivity index (χ1) is 9.76. The van der Waals surface area contributed by atoms with E-state index >= 15 is 0 Å². The summed E-state index contributed by atoms with van der Waals surface area (Å²) in [6.45, 7) is 6.31. The molecule has 106 valence electrons. The van der Waals surface area contributed by atoms with E-state index in [1.807, 2.05) is 6.92 Å². The Morgan fingerprint density at radius 1 is 1.25 bits per heavy atom. The summed E-state index contributed by atoms with van der Waals surface area (Å²) < 4.78 is 5.46. The van der Waals surface area contributed by atoms with E-state index < -0.39 is 0 Å². The van der Waals surface area contributed by atoms with E-state index in [1.165, 1.54) is 24.0 Å². The Bertz CT molecular complexity index is 559. The number of benzene rings is 1. The lowest BCUT2D eigenvalue weighted by atomic mass is 10.1. The summed E-state index contributed by atoms with van der Waals surface area (Å²) in [6, 6.07) is 11.4. The van der Waals surface area contributed by atoms with Gasteiger partial charge in [-0.25, -0.2) is 0 Å². The first kappa shape index (κ1) is 13.4. The molecule has 0 amide bonds. The molecule has 1 aliphatic heterocycles. The number of nitrogens with zero attached hydrogens (tertiary/aromatic N) is 2. The van der Waals surface area contributed by atoms with Crippen molar-refractivity contribution in [1.82, 2.24) is 10.1 Å². The smallest absolute Gasteiger partial charge is 0.154 e. The van der Waals surface area contributed by atoms with Crippen molar-refractivity contribution in [2.24, 2.45) is 0 Å². The van der Waals surface area contributed by atoms with E-state index in [-0.39, 0.29) is 0 Å². The molecule has 3 nitrogen and oxygen atoms in total. The first-order valence-corrected chi connectivity index (χ1v) is 7.51. The van der Waals surface area contributed by atoms with Gasteiger partial charge in [-0.15, -0.1) is 0 Å². The van der Waals surface area contributed by atoms with Crippen molar-refractivity contribution < 1.29 is 4.52 Å². The van der Waals surface area contributed by atoms with Gasteiger partial charge in [-0.05, 0) is 43.9 Å². The third-order valence-electron chi connectivity index (χ3n) is 4.16. The maximum atomic E-state index is 5.46. The monoisotopic (exact) mass is 270 g/mol. The minimum absolute atomic E-state index is 0.391. The number of hydrogen-bond donors (Lipinski definition) is 0. The second kappa shape index (κ2) is 5.80. The molecule has 1 fully saturated rings. The van der Waals surface area contributed by atoms with Crippen molar-refractivity contribution in [3.05, 3.63) is 52.9 Å². The minimum atomic E-state index is 0.391. The van der Waals surface area contributed by atoms with E-state index in [9.17, 15) is 0 Å².